The number of halogens is 1. The lowest BCUT2D eigenvalue weighted by molar-refractivity contribution is 0.167. The molecular formula is C11H16FN5O2. The quantitative estimate of drug-likeness (QED) is 0.836. The summed E-state index contributed by atoms with van der Waals surface area (Å²) in [4.78, 5) is 20.8. The summed E-state index contributed by atoms with van der Waals surface area (Å²) in [7, 11) is 2.98. The minimum Gasteiger partial charge on any atom is -0.453 e. The van der Waals surface area contributed by atoms with Crippen molar-refractivity contribution in [2.45, 2.75) is 12.5 Å². The standard InChI is InChI=1S/C11H16FN5O2/c1-13-10-14-5-8(12)9(16-10)17-4-3-7(6-17)15-11(18)19-2/h5,7H,3-4,6H2,1-2H3,(H,15,18)(H,13,14,16). The highest BCUT2D eigenvalue weighted by atomic mass is 19.1. The number of carbonyl (C=O) groups excluding carboxylic acids is 1. The van der Waals surface area contributed by atoms with E-state index >= 15 is 0 Å². The minimum absolute atomic E-state index is 0.0696. The van der Waals surface area contributed by atoms with Crippen LogP contribution in [0.4, 0.5) is 21.0 Å². The summed E-state index contributed by atoms with van der Waals surface area (Å²) in [6, 6.07) is -0.0696. The molecule has 8 heteroatoms. The molecule has 0 radical (unpaired) electrons. The Morgan fingerprint density at radius 2 is 2.42 bits per heavy atom. The first-order chi connectivity index (χ1) is 9.13. The third-order valence-electron chi connectivity index (χ3n) is 2.94. The summed E-state index contributed by atoms with van der Waals surface area (Å²) in [6.45, 7) is 1.11. The molecule has 2 rings (SSSR count). The molecule has 1 atom stereocenters. The first-order valence-corrected chi connectivity index (χ1v) is 5.93. The Hall–Kier alpha value is -2.12. The Kier molecular flexibility index (Phi) is 3.98. The van der Waals surface area contributed by atoms with Crippen molar-refractivity contribution < 1.29 is 13.9 Å². The van der Waals surface area contributed by atoms with Gasteiger partial charge in [0.2, 0.25) is 5.95 Å². The molecule has 1 unspecified atom stereocenters. The second kappa shape index (κ2) is 5.68. The first kappa shape index (κ1) is 13.3. The molecule has 104 valence electrons. The van der Waals surface area contributed by atoms with E-state index < -0.39 is 11.9 Å². The summed E-state index contributed by atoms with van der Waals surface area (Å²) < 4.78 is 18.2. The van der Waals surface area contributed by atoms with E-state index in [1.165, 1.54) is 7.11 Å². The fourth-order valence-corrected chi connectivity index (χ4v) is 2.00. The lowest BCUT2D eigenvalue weighted by Gasteiger charge is -2.18. The van der Waals surface area contributed by atoms with Crippen molar-refractivity contribution in [3.05, 3.63) is 12.0 Å². The molecule has 2 heterocycles. The predicted molar refractivity (Wildman–Crippen MR) is 67.7 cm³/mol. The van der Waals surface area contributed by atoms with Gasteiger partial charge in [-0.2, -0.15) is 4.98 Å². The number of alkyl carbamates (subject to hydrolysis) is 1. The fourth-order valence-electron chi connectivity index (χ4n) is 2.00. The summed E-state index contributed by atoms with van der Waals surface area (Å²) in [6.07, 6.45) is 1.37. The number of nitrogens with one attached hydrogen (secondary N) is 2. The van der Waals surface area contributed by atoms with Gasteiger partial charge in [-0.05, 0) is 6.42 Å². The number of ether oxygens (including phenoxy) is 1. The van der Waals surface area contributed by atoms with Crippen molar-refractivity contribution in [3.8, 4) is 0 Å². The van der Waals surface area contributed by atoms with E-state index in [-0.39, 0.29) is 11.9 Å². The van der Waals surface area contributed by atoms with Gasteiger partial charge in [0.1, 0.15) is 0 Å². The average molecular weight is 269 g/mol. The lowest BCUT2D eigenvalue weighted by atomic mass is 10.3. The highest BCUT2D eigenvalue weighted by molar-refractivity contribution is 5.67. The average Bonchev–Trinajstić information content (AvgIpc) is 2.87. The fraction of sp³-hybridized carbons (Fsp3) is 0.545. The van der Waals surface area contributed by atoms with Crippen LogP contribution in [0.1, 0.15) is 6.42 Å². The Labute approximate surface area is 110 Å². The van der Waals surface area contributed by atoms with Gasteiger partial charge in [0.05, 0.1) is 19.3 Å². The molecule has 2 N–H and O–H groups in total. The van der Waals surface area contributed by atoms with Crippen LogP contribution < -0.4 is 15.5 Å². The zero-order valence-corrected chi connectivity index (χ0v) is 10.8. The largest absolute Gasteiger partial charge is 0.453 e. The van der Waals surface area contributed by atoms with Crippen LogP contribution in [-0.2, 0) is 4.74 Å². The number of methoxy groups -OCH3 is 1. The summed E-state index contributed by atoms with van der Waals surface area (Å²) in [5.41, 5.74) is 0. The van der Waals surface area contributed by atoms with Crippen molar-refractivity contribution >= 4 is 17.9 Å². The van der Waals surface area contributed by atoms with E-state index in [1.54, 1.807) is 11.9 Å². The number of amides is 1. The van der Waals surface area contributed by atoms with Gasteiger partial charge in [0.25, 0.3) is 0 Å². The van der Waals surface area contributed by atoms with E-state index in [4.69, 9.17) is 0 Å². The van der Waals surface area contributed by atoms with Crippen LogP contribution in [0.15, 0.2) is 6.20 Å². The SMILES string of the molecule is CNc1ncc(F)c(N2CCC(NC(=O)OC)C2)n1. The lowest BCUT2D eigenvalue weighted by Crippen LogP contribution is -2.37. The Balaban J connectivity index is 2.06. The van der Waals surface area contributed by atoms with E-state index in [0.717, 1.165) is 6.20 Å². The topological polar surface area (TPSA) is 79.4 Å². The molecule has 1 aromatic heterocycles. The normalized spacial score (nSPS) is 18.3. The molecule has 1 amide bonds. The van der Waals surface area contributed by atoms with E-state index in [1.807, 2.05) is 0 Å². The molecule has 1 fully saturated rings. The molecule has 19 heavy (non-hydrogen) atoms. The Morgan fingerprint density at radius 1 is 1.63 bits per heavy atom. The van der Waals surface area contributed by atoms with Gasteiger partial charge in [-0.1, -0.05) is 0 Å². The summed E-state index contributed by atoms with van der Waals surface area (Å²) in [5, 5.41) is 5.46. The van der Waals surface area contributed by atoms with Gasteiger partial charge in [-0.25, -0.2) is 14.2 Å². The second-order valence-electron chi connectivity index (χ2n) is 4.18. The third kappa shape index (κ3) is 3.01. The van der Waals surface area contributed by atoms with Gasteiger partial charge >= 0.3 is 6.09 Å². The molecule has 1 saturated heterocycles. The molecule has 0 aliphatic carbocycles. The highest BCUT2D eigenvalue weighted by Gasteiger charge is 2.27. The summed E-state index contributed by atoms with van der Waals surface area (Å²) >= 11 is 0. The highest BCUT2D eigenvalue weighted by Crippen LogP contribution is 2.22. The Bertz CT molecular complexity index is 470. The van der Waals surface area contributed by atoms with Crippen LogP contribution in [0.25, 0.3) is 0 Å². The monoisotopic (exact) mass is 269 g/mol. The zero-order chi connectivity index (χ0) is 13.8. The van der Waals surface area contributed by atoms with Gasteiger partial charge in [0, 0.05) is 20.1 Å². The molecule has 7 nitrogen and oxygen atoms in total. The molecule has 0 saturated carbocycles. The molecule has 1 aliphatic heterocycles. The van der Waals surface area contributed by atoms with Crippen molar-refractivity contribution in [1.82, 2.24) is 15.3 Å². The predicted octanol–water partition coefficient (Wildman–Crippen LogP) is 0.592. The van der Waals surface area contributed by atoms with Crippen LogP contribution >= 0.6 is 0 Å². The van der Waals surface area contributed by atoms with Crippen LogP contribution in [-0.4, -0.2) is 49.4 Å². The smallest absolute Gasteiger partial charge is 0.407 e. The van der Waals surface area contributed by atoms with E-state index in [0.29, 0.717) is 25.5 Å². The maximum Gasteiger partial charge on any atom is 0.407 e. The molecular weight excluding hydrogens is 253 g/mol. The maximum absolute atomic E-state index is 13.7. The van der Waals surface area contributed by atoms with Crippen molar-refractivity contribution in [2.75, 3.05) is 37.5 Å². The van der Waals surface area contributed by atoms with Crippen LogP contribution in [0.3, 0.4) is 0 Å². The van der Waals surface area contributed by atoms with Crippen LogP contribution in [0.5, 0.6) is 0 Å². The molecule has 0 bridgehead atoms. The van der Waals surface area contributed by atoms with Gasteiger partial charge in [0.15, 0.2) is 11.6 Å². The van der Waals surface area contributed by atoms with Crippen molar-refractivity contribution in [1.29, 1.82) is 0 Å². The Morgan fingerprint density at radius 3 is 3.11 bits per heavy atom. The number of aromatic nitrogens is 2. The first-order valence-electron chi connectivity index (χ1n) is 5.93. The van der Waals surface area contributed by atoms with E-state index in [2.05, 4.69) is 25.3 Å². The zero-order valence-electron chi connectivity index (χ0n) is 10.8. The number of carbonyl (C=O) groups is 1. The third-order valence-corrected chi connectivity index (χ3v) is 2.94. The molecule has 1 aromatic rings. The summed E-state index contributed by atoms with van der Waals surface area (Å²) in [5.74, 6) is 0.131. The van der Waals surface area contributed by atoms with Gasteiger partial charge < -0.3 is 20.3 Å². The number of anilines is 2. The minimum atomic E-state index is -0.481. The number of rotatable bonds is 3. The van der Waals surface area contributed by atoms with Crippen molar-refractivity contribution in [2.24, 2.45) is 0 Å². The molecule has 1 aliphatic rings. The van der Waals surface area contributed by atoms with Gasteiger partial charge in [-0.3, -0.25) is 0 Å². The van der Waals surface area contributed by atoms with Crippen LogP contribution in [0, 0.1) is 5.82 Å². The van der Waals surface area contributed by atoms with Crippen molar-refractivity contribution in [3.63, 3.8) is 0 Å². The molecule has 0 aromatic carbocycles. The van der Waals surface area contributed by atoms with E-state index in [9.17, 15) is 9.18 Å². The second-order valence-corrected chi connectivity index (χ2v) is 4.18. The number of nitrogens with zero attached hydrogens (tertiary/aromatic N) is 3. The number of hydrogen-bond acceptors (Lipinski definition) is 6. The number of hydrogen-bond donors (Lipinski definition) is 2. The molecule has 0 spiro atoms. The van der Waals surface area contributed by atoms with Gasteiger partial charge in [-0.15, -0.1) is 0 Å². The maximum atomic E-state index is 13.7. The van der Waals surface area contributed by atoms with Crippen LogP contribution in [0.2, 0.25) is 0 Å².